The predicted octanol–water partition coefficient (Wildman–Crippen LogP) is 0.691. The Hall–Kier alpha value is -1.40. The van der Waals surface area contributed by atoms with Crippen molar-refractivity contribution in [3.05, 3.63) is 29.8 Å². The van der Waals surface area contributed by atoms with Crippen LogP contribution in [-0.4, -0.2) is 20.0 Å². The van der Waals surface area contributed by atoms with Crippen LogP contribution < -0.4 is 5.48 Å². The lowest BCUT2D eigenvalue weighted by Gasteiger charge is -1.98. The minimum absolute atomic E-state index is 0.0922. The first-order chi connectivity index (χ1) is 6.56. The third-order valence-corrected chi connectivity index (χ3v) is 2.82. The molecule has 1 aromatic rings. The number of hydroxylamine groups is 1. The summed E-state index contributed by atoms with van der Waals surface area (Å²) in [6.45, 7) is 1.86. The first-order valence-corrected chi connectivity index (χ1v) is 5.25. The van der Waals surface area contributed by atoms with Crippen LogP contribution in [0.4, 0.5) is 0 Å². The van der Waals surface area contributed by atoms with E-state index in [2.05, 4.69) is 4.40 Å². The van der Waals surface area contributed by atoms with Crippen molar-refractivity contribution in [2.45, 2.75) is 11.8 Å². The second-order valence-corrected chi connectivity index (χ2v) is 4.28. The molecule has 6 heteroatoms. The molecule has 0 aromatic heterocycles. The first-order valence-electron chi connectivity index (χ1n) is 3.81. The van der Waals surface area contributed by atoms with Crippen molar-refractivity contribution in [2.24, 2.45) is 4.40 Å². The Morgan fingerprint density at radius 1 is 1.36 bits per heavy atom. The van der Waals surface area contributed by atoms with Crippen LogP contribution in [0, 0.1) is 6.92 Å². The van der Waals surface area contributed by atoms with E-state index < -0.39 is 10.0 Å². The second kappa shape index (κ2) is 4.21. The van der Waals surface area contributed by atoms with E-state index in [1.807, 2.05) is 6.92 Å². The summed E-state index contributed by atoms with van der Waals surface area (Å²) in [7, 11) is -3.69. The van der Waals surface area contributed by atoms with E-state index in [-0.39, 0.29) is 4.90 Å². The molecule has 0 unspecified atom stereocenters. The first kappa shape index (κ1) is 10.7. The van der Waals surface area contributed by atoms with Crippen LogP contribution in [0.5, 0.6) is 0 Å². The fourth-order valence-electron chi connectivity index (χ4n) is 0.864. The summed E-state index contributed by atoms with van der Waals surface area (Å²) >= 11 is 0. The second-order valence-electron chi connectivity index (χ2n) is 2.65. The molecule has 14 heavy (non-hydrogen) atoms. The molecule has 0 radical (unpaired) electrons. The van der Waals surface area contributed by atoms with Gasteiger partial charge in [0, 0.05) is 0 Å². The fourth-order valence-corrected chi connectivity index (χ4v) is 1.65. The van der Waals surface area contributed by atoms with Gasteiger partial charge in [-0.1, -0.05) is 17.7 Å². The Bertz CT molecular complexity index is 422. The number of nitrogens with zero attached hydrogens (tertiary/aromatic N) is 1. The van der Waals surface area contributed by atoms with Crippen LogP contribution in [0.1, 0.15) is 5.56 Å². The molecule has 0 bridgehead atoms. The van der Waals surface area contributed by atoms with Crippen molar-refractivity contribution in [3.8, 4) is 0 Å². The molecular formula is C8H10N2O3S. The van der Waals surface area contributed by atoms with E-state index in [4.69, 9.17) is 5.21 Å². The van der Waals surface area contributed by atoms with Gasteiger partial charge in [0.05, 0.1) is 4.90 Å². The van der Waals surface area contributed by atoms with Gasteiger partial charge in [0.1, 0.15) is 6.34 Å². The zero-order chi connectivity index (χ0) is 10.6. The Kier molecular flexibility index (Phi) is 3.21. The van der Waals surface area contributed by atoms with Gasteiger partial charge in [-0.3, -0.25) is 10.7 Å². The Labute approximate surface area is 82.1 Å². The molecule has 1 rings (SSSR count). The molecule has 0 atom stereocenters. The molecule has 0 spiro atoms. The SMILES string of the molecule is Cc1ccc(S(=O)(=O)N=CNO)cc1. The fraction of sp³-hybridized carbons (Fsp3) is 0.125. The highest BCUT2D eigenvalue weighted by atomic mass is 32.2. The van der Waals surface area contributed by atoms with Gasteiger partial charge in [-0.25, -0.2) is 0 Å². The van der Waals surface area contributed by atoms with Crippen LogP contribution >= 0.6 is 0 Å². The van der Waals surface area contributed by atoms with Crippen LogP contribution in [-0.2, 0) is 10.0 Å². The Morgan fingerprint density at radius 2 is 1.93 bits per heavy atom. The number of nitrogens with one attached hydrogen (secondary N) is 1. The molecule has 0 aliphatic rings. The maximum absolute atomic E-state index is 11.4. The molecule has 0 heterocycles. The van der Waals surface area contributed by atoms with Gasteiger partial charge in [-0.15, -0.1) is 4.40 Å². The normalized spacial score (nSPS) is 11.9. The molecule has 0 aliphatic carbocycles. The summed E-state index contributed by atoms with van der Waals surface area (Å²) in [4.78, 5) is 0.0922. The Morgan fingerprint density at radius 3 is 2.43 bits per heavy atom. The van der Waals surface area contributed by atoms with Gasteiger partial charge in [0.25, 0.3) is 10.0 Å². The minimum Gasteiger partial charge on any atom is -0.290 e. The predicted molar refractivity (Wildman–Crippen MR) is 51.8 cm³/mol. The van der Waals surface area contributed by atoms with Crippen LogP contribution in [0.25, 0.3) is 0 Å². The lowest BCUT2D eigenvalue weighted by atomic mass is 10.2. The molecule has 76 valence electrons. The summed E-state index contributed by atoms with van der Waals surface area (Å²) in [5.74, 6) is 0. The van der Waals surface area contributed by atoms with Crippen molar-refractivity contribution in [2.75, 3.05) is 0 Å². The topological polar surface area (TPSA) is 78.8 Å². The van der Waals surface area contributed by atoms with Gasteiger partial charge in [-0.05, 0) is 19.1 Å². The van der Waals surface area contributed by atoms with Gasteiger partial charge in [0.2, 0.25) is 0 Å². The Balaban J connectivity index is 3.05. The summed E-state index contributed by atoms with van der Waals surface area (Å²) < 4.78 is 25.9. The van der Waals surface area contributed by atoms with E-state index in [1.165, 1.54) is 17.6 Å². The van der Waals surface area contributed by atoms with E-state index in [1.54, 1.807) is 12.1 Å². The van der Waals surface area contributed by atoms with E-state index in [9.17, 15) is 8.42 Å². The average Bonchev–Trinajstić information content (AvgIpc) is 2.16. The largest absolute Gasteiger partial charge is 0.290 e. The van der Waals surface area contributed by atoms with Crippen LogP contribution in [0.15, 0.2) is 33.6 Å². The number of hydrogen-bond acceptors (Lipinski definition) is 3. The number of benzene rings is 1. The molecule has 0 saturated heterocycles. The number of hydrogen-bond donors (Lipinski definition) is 2. The third-order valence-electron chi connectivity index (χ3n) is 1.57. The van der Waals surface area contributed by atoms with Gasteiger partial charge < -0.3 is 0 Å². The molecular weight excluding hydrogens is 204 g/mol. The molecule has 0 saturated carbocycles. The monoisotopic (exact) mass is 214 g/mol. The molecule has 5 nitrogen and oxygen atoms in total. The van der Waals surface area contributed by atoms with Crippen molar-refractivity contribution in [1.82, 2.24) is 5.48 Å². The molecule has 0 fully saturated rings. The lowest BCUT2D eigenvalue weighted by Crippen LogP contribution is -2.06. The third kappa shape index (κ3) is 2.54. The quantitative estimate of drug-likeness (QED) is 0.441. The summed E-state index contributed by atoms with van der Waals surface area (Å²) in [6.07, 6.45) is 0.704. The van der Waals surface area contributed by atoms with Crippen molar-refractivity contribution in [1.29, 1.82) is 0 Å². The molecule has 0 aliphatic heterocycles. The van der Waals surface area contributed by atoms with Gasteiger partial charge in [-0.2, -0.15) is 8.42 Å². The number of rotatable bonds is 3. The standard InChI is InChI=1S/C8H10N2O3S/c1-7-2-4-8(5-3-7)14(12,13)10-6-9-11/h2-6,11H,1H3,(H,9,10). The maximum Gasteiger partial charge on any atom is 0.283 e. The summed E-state index contributed by atoms with van der Waals surface area (Å²) in [6, 6.07) is 6.27. The summed E-state index contributed by atoms with van der Waals surface area (Å²) in [5.41, 5.74) is 2.50. The molecule has 1 aromatic carbocycles. The maximum atomic E-state index is 11.4. The van der Waals surface area contributed by atoms with E-state index in [0.29, 0.717) is 6.34 Å². The highest BCUT2D eigenvalue weighted by molar-refractivity contribution is 7.90. The summed E-state index contributed by atoms with van der Waals surface area (Å²) in [5, 5.41) is 8.16. The lowest BCUT2D eigenvalue weighted by molar-refractivity contribution is 0.240. The van der Waals surface area contributed by atoms with Crippen molar-refractivity contribution < 1.29 is 13.6 Å². The zero-order valence-corrected chi connectivity index (χ0v) is 8.32. The smallest absolute Gasteiger partial charge is 0.283 e. The average molecular weight is 214 g/mol. The van der Waals surface area contributed by atoms with Crippen LogP contribution in [0.3, 0.4) is 0 Å². The highest BCUT2D eigenvalue weighted by Gasteiger charge is 2.10. The van der Waals surface area contributed by atoms with E-state index in [0.717, 1.165) is 5.56 Å². The van der Waals surface area contributed by atoms with Crippen molar-refractivity contribution in [3.63, 3.8) is 0 Å². The highest BCUT2D eigenvalue weighted by Crippen LogP contribution is 2.12. The number of sulfonamides is 1. The minimum atomic E-state index is -3.69. The molecule has 0 amide bonds. The zero-order valence-electron chi connectivity index (χ0n) is 7.51. The molecule has 2 N–H and O–H groups in total. The van der Waals surface area contributed by atoms with E-state index >= 15 is 0 Å². The van der Waals surface area contributed by atoms with Crippen LogP contribution in [0.2, 0.25) is 0 Å². The van der Waals surface area contributed by atoms with Gasteiger partial charge in [0.15, 0.2) is 0 Å². The van der Waals surface area contributed by atoms with Gasteiger partial charge >= 0.3 is 0 Å². The van der Waals surface area contributed by atoms with Crippen molar-refractivity contribution >= 4 is 16.4 Å². The number of aryl methyl sites for hydroxylation is 1.